The normalized spacial score (nSPS) is 33.9. The van der Waals surface area contributed by atoms with Crippen LogP contribution in [0.1, 0.15) is 6.23 Å². The number of halogens is 1. The highest BCUT2D eigenvalue weighted by molar-refractivity contribution is 5.68. The number of nitrogens with one attached hydrogen (secondary N) is 1. The molecule has 20 heavy (non-hydrogen) atoms. The van der Waals surface area contributed by atoms with Gasteiger partial charge in [0, 0.05) is 0 Å². The number of imidazole rings is 1. The summed E-state index contributed by atoms with van der Waals surface area (Å²) in [6.45, 7) is -1.12. The van der Waals surface area contributed by atoms with E-state index in [0.29, 0.717) is 0 Å². The summed E-state index contributed by atoms with van der Waals surface area (Å²) >= 11 is 0. The van der Waals surface area contributed by atoms with Crippen molar-refractivity contribution in [3.8, 4) is 0 Å². The van der Waals surface area contributed by atoms with E-state index in [9.17, 15) is 19.4 Å². The van der Waals surface area contributed by atoms with Gasteiger partial charge in [0.2, 0.25) is 0 Å². The number of nitrogens with zero attached hydrogens (tertiary/aromatic N) is 3. The van der Waals surface area contributed by atoms with Gasteiger partial charge >= 0.3 is 0 Å². The van der Waals surface area contributed by atoms with Crippen LogP contribution in [0.3, 0.4) is 0 Å². The lowest BCUT2D eigenvalue weighted by Crippen LogP contribution is -2.42. The highest BCUT2D eigenvalue weighted by Crippen LogP contribution is 2.38. The van der Waals surface area contributed by atoms with Gasteiger partial charge in [-0.1, -0.05) is 0 Å². The van der Waals surface area contributed by atoms with Crippen LogP contribution in [0.25, 0.3) is 11.2 Å². The minimum Gasteiger partial charge on any atom is -0.390 e. The first-order valence-electron chi connectivity index (χ1n) is 5.72. The number of hydrogen-bond acceptors (Lipinski definition) is 7. The van der Waals surface area contributed by atoms with Gasteiger partial charge in [0.05, 0.1) is 12.7 Å². The lowest BCUT2D eigenvalue weighted by Gasteiger charge is -2.19. The predicted octanol–water partition coefficient (Wildman–Crippen LogP) is -1.97. The van der Waals surface area contributed by atoms with Crippen molar-refractivity contribution in [2.24, 2.45) is 0 Å². The van der Waals surface area contributed by atoms with E-state index in [2.05, 4.69) is 15.0 Å². The Labute approximate surface area is 110 Å². The average Bonchev–Trinajstić information content (AvgIpc) is 2.96. The molecule has 1 aliphatic rings. The first-order chi connectivity index (χ1) is 9.48. The fourth-order valence-electron chi connectivity index (χ4n) is 2.15. The van der Waals surface area contributed by atoms with Crippen molar-refractivity contribution < 1.29 is 24.4 Å². The predicted molar refractivity (Wildman–Crippen MR) is 61.2 cm³/mol. The summed E-state index contributed by atoms with van der Waals surface area (Å²) in [5, 5.41) is 28.3. The molecule has 2 aromatic rings. The van der Waals surface area contributed by atoms with Crippen LogP contribution >= 0.6 is 0 Å². The Hall–Kier alpha value is -1.88. The Balaban J connectivity index is 2.09. The molecule has 2 unspecified atom stereocenters. The molecule has 4 N–H and O–H groups in total. The zero-order valence-electron chi connectivity index (χ0n) is 9.97. The molecule has 0 amide bonds. The van der Waals surface area contributed by atoms with Crippen molar-refractivity contribution in [2.75, 3.05) is 6.61 Å². The third-order valence-electron chi connectivity index (χ3n) is 3.23. The number of ether oxygens (including phenoxy) is 1. The molecule has 0 radical (unpaired) electrons. The van der Waals surface area contributed by atoms with Gasteiger partial charge in [-0.3, -0.25) is 9.36 Å². The van der Waals surface area contributed by atoms with E-state index in [1.807, 2.05) is 0 Å². The number of hydrogen-bond donors (Lipinski definition) is 4. The molecule has 2 aromatic heterocycles. The number of rotatable bonds is 2. The van der Waals surface area contributed by atoms with Crippen molar-refractivity contribution in [1.82, 2.24) is 19.5 Å². The van der Waals surface area contributed by atoms with Gasteiger partial charge in [0.15, 0.2) is 17.4 Å². The van der Waals surface area contributed by atoms with Crippen molar-refractivity contribution in [2.45, 2.75) is 24.3 Å². The van der Waals surface area contributed by atoms with Crippen LogP contribution in [-0.2, 0) is 4.74 Å². The van der Waals surface area contributed by atoms with E-state index >= 15 is 0 Å². The molecule has 4 atom stereocenters. The second kappa shape index (κ2) is 4.31. The number of aromatic amines is 1. The smallest absolute Gasteiger partial charge is 0.278 e. The molecule has 3 rings (SSSR count). The molecule has 10 heteroatoms. The maximum atomic E-state index is 14.0. The van der Waals surface area contributed by atoms with Crippen LogP contribution in [0.2, 0.25) is 0 Å². The largest absolute Gasteiger partial charge is 0.390 e. The molecular formula is C10H11FN4O5. The number of aromatic nitrogens is 4. The van der Waals surface area contributed by atoms with E-state index in [-0.39, 0.29) is 11.2 Å². The molecule has 108 valence electrons. The Kier molecular flexibility index (Phi) is 2.83. The molecule has 0 saturated carbocycles. The van der Waals surface area contributed by atoms with Crippen LogP contribution in [-0.4, -0.2) is 59.5 Å². The summed E-state index contributed by atoms with van der Waals surface area (Å²) < 4.78 is 20.0. The SMILES string of the molecule is O=c1[nH]cnc2c1ncn2[C@@H]1O[C@](F)(CO)C(O)C1O. The van der Waals surface area contributed by atoms with Gasteiger partial charge < -0.3 is 25.0 Å². The molecule has 1 saturated heterocycles. The standard InChI is InChI=1S/C10H11FN4O5/c11-10(1-16)6(18)5(17)9(20-10)15-3-14-4-7(15)12-2-13-8(4)19/h2-3,5-6,9,16-18H,1H2,(H,12,13,19)/t5?,6?,9-,10-/m1/s1. The van der Waals surface area contributed by atoms with E-state index in [1.54, 1.807) is 0 Å². The van der Waals surface area contributed by atoms with E-state index in [4.69, 9.17) is 9.84 Å². The monoisotopic (exact) mass is 286 g/mol. The zero-order chi connectivity index (χ0) is 14.5. The van der Waals surface area contributed by atoms with Crippen LogP contribution in [0.4, 0.5) is 4.39 Å². The molecule has 0 spiro atoms. The summed E-state index contributed by atoms with van der Waals surface area (Å²) in [7, 11) is 0. The van der Waals surface area contributed by atoms with Crippen LogP contribution in [0.5, 0.6) is 0 Å². The maximum absolute atomic E-state index is 14.0. The van der Waals surface area contributed by atoms with Crippen molar-refractivity contribution in [1.29, 1.82) is 0 Å². The third kappa shape index (κ3) is 1.66. The number of H-pyrrole nitrogens is 1. The first-order valence-corrected chi connectivity index (χ1v) is 5.72. The molecule has 0 bridgehead atoms. The Bertz CT molecular complexity index is 702. The summed E-state index contributed by atoms with van der Waals surface area (Å²) in [6, 6.07) is 0. The van der Waals surface area contributed by atoms with Crippen molar-refractivity contribution in [3.05, 3.63) is 23.0 Å². The summed E-state index contributed by atoms with van der Waals surface area (Å²) in [5.41, 5.74) is -0.458. The molecule has 3 heterocycles. The summed E-state index contributed by atoms with van der Waals surface area (Å²) in [4.78, 5) is 21.5. The van der Waals surface area contributed by atoms with Crippen LogP contribution < -0.4 is 5.56 Å². The number of aliphatic hydroxyl groups is 3. The topological polar surface area (TPSA) is 133 Å². The second-order valence-electron chi connectivity index (χ2n) is 4.44. The Morgan fingerprint density at radius 2 is 2.25 bits per heavy atom. The minimum absolute atomic E-state index is 0.0156. The van der Waals surface area contributed by atoms with Crippen LogP contribution in [0.15, 0.2) is 17.4 Å². The summed E-state index contributed by atoms with van der Waals surface area (Å²) in [5.74, 6) is -2.79. The Morgan fingerprint density at radius 1 is 1.50 bits per heavy atom. The number of fused-ring (bicyclic) bond motifs is 1. The number of alkyl halides is 1. The Morgan fingerprint density at radius 3 is 2.90 bits per heavy atom. The molecule has 1 aliphatic heterocycles. The highest BCUT2D eigenvalue weighted by Gasteiger charge is 2.55. The quantitative estimate of drug-likeness (QED) is 0.503. The van der Waals surface area contributed by atoms with Gasteiger partial charge in [-0.15, -0.1) is 0 Å². The minimum atomic E-state index is -2.79. The van der Waals surface area contributed by atoms with Gasteiger partial charge in [-0.25, -0.2) is 14.4 Å². The van der Waals surface area contributed by atoms with E-state index < -0.39 is 36.5 Å². The second-order valence-corrected chi connectivity index (χ2v) is 4.44. The van der Waals surface area contributed by atoms with E-state index in [1.165, 1.54) is 0 Å². The van der Waals surface area contributed by atoms with Gasteiger partial charge in [-0.2, -0.15) is 0 Å². The fraction of sp³-hybridized carbons (Fsp3) is 0.500. The van der Waals surface area contributed by atoms with Crippen LogP contribution in [0, 0.1) is 0 Å². The molecule has 0 aliphatic carbocycles. The lowest BCUT2D eigenvalue weighted by atomic mass is 10.1. The van der Waals surface area contributed by atoms with Gasteiger partial charge in [0.25, 0.3) is 11.4 Å². The van der Waals surface area contributed by atoms with Crippen molar-refractivity contribution >= 4 is 11.2 Å². The zero-order valence-corrected chi connectivity index (χ0v) is 9.97. The molecule has 0 aromatic carbocycles. The third-order valence-corrected chi connectivity index (χ3v) is 3.23. The maximum Gasteiger partial charge on any atom is 0.278 e. The average molecular weight is 286 g/mol. The summed E-state index contributed by atoms with van der Waals surface area (Å²) in [6.07, 6.45) is -2.68. The van der Waals surface area contributed by atoms with Gasteiger partial charge in [-0.05, 0) is 0 Å². The number of aliphatic hydroxyl groups excluding tert-OH is 3. The van der Waals surface area contributed by atoms with Gasteiger partial charge in [0.1, 0.15) is 18.8 Å². The van der Waals surface area contributed by atoms with E-state index in [0.717, 1.165) is 17.2 Å². The molecule has 1 fully saturated rings. The van der Waals surface area contributed by atoms with Crippen molar-refractivity contribution in [3.63, 3.8) is 0 Å². The first kappa shape index (κ1) is 13.1. The fourth-order valence-corrected chi connectivity index (χ4v) is 2.15. The molecule has 9 nitrogen and oxygen atoms in total. The lowest BCUT2D eigenvalue weighted by molar-refractivity contribution is -0.206. The molecular weight excluding hydrogens is 275 g/mol. The highest BCUT2D eigenvalue weighted by atomic mass is 19.2.